The second-order valence-corrected chi connectivity index (χ2v) is 1.89. The van der Waals surface area contributed by atoms with Gasteiger partial charge >= 0.3 is 0 Å². The SMILES string of the molecule is Cn1cc(C(=O)Cl)nn1. The van der Waals surface area contributed by atoms with Crippen LogP contribution in [0.25, 0.3) is 0 Å². The molecule has 0 aromatic carbocycles. The molecule has 1 aromatic heterocycles. The molecule has 48 valence electrons. The van der Waals surface area contributed by atoms with E-state index >= 15 is 0 Å². The molecule has 0 saturated carbocycles. The summed E-state index contributed by atoms with van der Waals surface area (Å²) in [6.45, 7) is 0. The zero-order valence-electron chi connectivity index (χ0n) is 4.71. The van der Waals surface area contributed by atoms with Crippen molar-refractivity contribution in [2.24, 2.45) is 7.05 Å². The smallest absolute Gasteiger partial charge is 0.274 e. The molecule has 1 heterocycles. The average Bonchev–Trinajstić information content (AvgIpc) is 2.14. The lowest BCUT2D eigenvalue weighted by Gasteiger charge is -1.77. The van der Waals surface area contributed by atoms with E-state index in [1.54, 1.807) is 7.05 Å². The lowest BCUT2D eigenvalue weighted by molar-refractivity contribution is 0.107. The molecule has 1 aromatic rings. The fraction of sp³-hybridized carbons (Fsp3) is 0.250. The molecule has 0 N–H and O–H groups in total. The van der Waals surface area contributed by atoms with Crippen LogP contribution in [0.5, 0.6) is 0 Å². The van der Waals surface area contributed by atoms with Crippen LogP contribution < -0.4 is 0 Å². The highest BCUT2D eigenvalue weighted by molar-refractivity contribution is 6.67. The zero-order valence-corrected chi connectivity index (χ0v) is 5.46. The van der Waals surface area contributed by atoms with E-state index in [2.05, 4.69) is 10.3 Å². The van der Waals surface area contributed by atoms with Crippen LogP contribution >= 0.6 is 11.6 Å². The summed E-state index contributed by atoms with van der Waals surface area (Å²) in [6, 6.07) is 0. The third-order valence-corrected chi connectivity index (χ3v) is 0.998. The van der Waals surface area contributed by atoms with Crippen molar-refractivity contribution in [2.75, 3.05) is 0 Å². The third kappa shape index (κ3) is 1.26. The molecule has 0 atom stereocenters. The average molecular weight is 146 g/mol. The molecule has 0 bridgehead atoms. The Bertz CT molecular complexity index is 231. The lowest BCUT2D eigenvalue weighted by Crippen LogP contribution is -1.86. The van der Waals surface area contributed by atoms with Gasteiger partial charge in [0.1, 0.15) is 0 Å². The Morgan fingerprint density at radius 1 is 1.89 bits per heavy atom. The molecule has 5 heteroatoms. The molecule has 9 heavy (non-hydrogen) atoms. The van der Waals surface area contributed by atoms with Gasteiger partial charge in [0, 0.05) is 7.05 Å². The number of aromatic nitrogens is 3. The van der Waals surface area contributed by atoms with Crippen LogP contribution in [0.3, 0.4) is 0 Å². The van der Waals surface area contributed by atoms with E-state index in [0.717, 1.165) is 0 Å². The summed E-state index contributed by atoms with van der Waals surface area (Å²) in [5, 5.41) is 6.37. The van der Waals surface area contributed by atoms with Crippen LogP contribution in [0.2, 0.25) is 0 Å². The second kappa shape index (κ2) is 2.14. The monoisotopic (exact) mass is 145 g/mol. The van der Waals surface area contributed by atoms with E-state index in [-0.39, 0.29) is 5.69 Å². The summed E-state index contributed by atoms with van der Waals surface area (Å²) < 4.78 is 1.41. The van der Waals surface area contributed by atoms with Crippen molar-refractivity contribution < 1.29 is 4.79 Å². The number of aryl methyl sites for hydroxylation is 1. The maximum absolute atomic E-state index is 10.3. The van der Waals surface area contributed by atoms with Gasteiger partial charge in [-0.2, -0.15) is 0 Å². The van der Waals surface area contributed by atoms with Gasteiger partial charge in [0.15, 0.2) is 5.69 Å². The number of carbonyl (C=O) groups excluding carboxylic acids is 1. The summed E-state index contributed by atoms with van der Waals surface area (Å²) in [6.07, 6.45) is 1.45. The molecule has 0 aliphatic heterocycles. The highest BCUT2D eigenvalue weighted by Gasteiger charge is 2.03. The van der Waals surface area contributed by atoms with Crippen LogP contribution in [0.4, 0.5) is 0 Å². The van der Waals surface area contributed by atoms with E-state index in [4.69, 9.17) is 11.6 Å². The summed E-state index contributed by atoms with van der Waals surface area (Å²) in [7, 11) is 1.66. The minimum absolute atomic E-state index is 0.180. The van der Waals surface area contributed by atoms with Gasteiger partial charge in [-0.25, -0.2) is 0 Å². The van der Waals surface area contributed by atoms with Gasteiger partial charge in [-0.05, 0) is 11.6 Å². The van der Waals surface area contributed by atoms with Gasteiger partial charge in [-0.15, -0.1) is 5.10 Å². The molecular weight excluding hydrogens is 142 g/mol. The van der Waals surface area contributed by atoms with E-state index in [1.807, 2.05) is 0 Å². The first-order valence-electron chi connectivity index (χ1n) is 2.26. The first kappa shape index (κ1) is 6.22. The number of hydrogen-bond acceptors (Lipinski definition) is 3. The van der Waals surface area contributed by atoms with Crippen molar-refractivity contribution in [3.63, 3.8) is 0 Å². The standard InChI is InChI=1S/C4H4ClN3O/c1-8-2-3(4(5)9)6-7-8/h2H,1H3. The Morgan fingerprint density at radius 2 is 2.56 bits per heavy atom. The van der Waals surface area contributed by atoms with Crippen molar-refractivity contribution in [1.29, 1.82) is 0 Å². The minimum atomic E-state index is -0.580. The number of carbonyl (C=O) groups is 1. The lowest BCUT2D eigenvalue weighted by atomic mass is 10.5. The molecule has 0 amide bonds. The largest absolute Gasteiger partial charge is 0.274 e. The summed E-state index contributed by atoms with van der Waals surface area (Å²) >= 11 is 5.06. The summed E-state index contributed by atoms with van der Waals surface area (Å²) in [5.74, 6) is 0. The van der Waals surface area contributed by atoms with E-state index in [0.29, 0.717) is 0 Å². The predicted octanol–water partition coefficient (Wildman–Crippen LogP) is 0.194. The molecule has 0 unspecified atom stereocenters. The Morgan fingerprint density at radius 3 is 2.78 bits per heavy atom. The van der Waals surface area contributed by atoms with Crippen LogP contribution in [-0.4, -0.2) is 20.2 Å². The predicted molar refractivity (Wildman–Crippen MR) is 31.2 cm³/mol. The van der Waals surface area contributed by atoms with Crippen molar-refractivity contribution in [2.45, 2.75) is 0 Å². The Labute approximate surface area is 56.4 Å². The molecule has 0 spiro atoms. The first-order valence-corrected chi connectivity index (χ1v) is 2.64. The van der Waals surface area contributed by atoms with Gasteiger partial charge in [0.2, 0.25) is 0 Å². The maximum atomic E-state index is 10.3. The topological polar surface area (TPSA) is 47.8 Å². The third-order valence-electron chi connectivity index (χ3n) is 0.804. The summed E-state index contributed by atoms with van der Waals surface area (Å²) in [5.41, 5.74) is 0.180. The molecule has 1 rings (SSSR count). The number of rotatable bonds is 1. The molecule has 4 nitrogen and oxygen atoms in total. The fourth-order valence-electron chi connectivity index (χ4n) is 0.437. The number of nitrogens with zero attached hydrogens (tertiary/aromatic N) is 3. The molecule has 0 saturated heterocycles. The second-order valence-electron chi connectivity index (χ2n) is 1.55. The Hall–Kier alpha value is -0.900. The van der Waals surface area contributed by atoms with Crippen LogP contribution in [0.15, 0.2) is 6.20 Å². The highest BCUT2D eigenvalue weighted by atomic mass is 35.5. The van der Waals surface area contributed by atoms with Gasteiger partial charge in [-0.1, -0.05) is 5.21 Å². The van der Waals surface area contributed by atoms with Crippen molar-refractivity contribution in [1.82, 2.24) is 15.0 Å². The zero-order chi connectivity index (χ0) is 6.85. The van der Waals surface area contributed by atoms with Gasteiger partial charge in [0.05, 0.1) is 6.20 Å². The van der Waals surface area contributed by atoms with Gasteiger partial charge in [-0.3, -0.25) is 9.48 Å². The molecule has 0 fully saturated rings. The van der Waals surface area contributed by atoms with Crippen LogP contribution in [0, 0.1) is 0 Å². The van der Waals surface area contributed by atoms with Crippen molar-refractivity contribution >= 4 is 16.8 Å². The number of halogens is 1. The quantitative estimate of drug-likeness (QED) is 0.531. The summed E-state index contributed by atoms with van der Waals surface area (Å²) in [4.78, 5) is 10.3. The van der Waals surface area contributed by atoms with Gasteiger partial charge in [0.25, 0.3) is 5.24 Å². The van der Waals surface area contributed by atoms with Crippen molar-refractivity contribution in [3.8, 4) is 0 Å². The molecule has 0 aliphatic carbocycles. The normalized spacial score (nSPS) is 9.56. The fourth-order valence-corrected chi connectivity index (χ4v) is 0.524. The Kier molecular flexibility index (Phi) is 1.48. The molecular formula is C4H4ClN3O. The minimum Gasteiger partial charge on any atom is -0.274 e. The maximum Gasteiger partial charge on any atom is 0.274 e. The van der Waals surface area contributed by atoms with Crippen molar-refractivity contribution in [3.05, 3.63) is 11.9 Å². The molecule has 0 aliphatic rings. The van der Waals surface area contributed by atoms with E-state index < -0.39 is 5.24 Å². The first-order chi connectivity index (χ1) is 4.20. The number of hydrogen-bond donors (Lipinski definition) is 0. The van der Waals surface area contributed by atoms with E-state index in [9.17, 15) is 4.79 Å². The van der Waals surface area contributed by atoms with E-state index in [1.165, 1.54) is 10.9 Å². The van der Waals surface area contributed by atoms with Crippen LogP contribution in [0.1, 0.15) is 10.5 Å². The highest BCUT2D eigenvalue weighted by Crippen LogP contribution is 1.95. The van der Waals surface area contributed by atoms with Crippen LogP contribution in [-0.2, 0) is 7.05 Å². The van der Waals surface area contributed by atoms with Gasteiger partial charge < -0.3 is 0 Å². The molecule has 0 radical (unpaired) electrons. The Balaban J connectivity index is 2.98.